The number of nitrogens with two attached hydrogens (primary N) is 1. The second kappa shape index (κ2) is 12.6. The number of rotatable bonds is 7. The first-order valence-electron chi connectivity index (χ1n) is 13.9. The molecule has 3 fully saturated rings. The van der Waals surface area contributed by atoms with Gasteiger partial charge in [0.15, 0.2) is 11.5 Å². The van der Waals surface area contributed by atoms with Gasteiger partial charge in [-0.3, -0.25) is 14.4 Å². The van der Waals surface area contributed by atoms with Gasteiger partial charge < -0.3 is 35.8 Å². The molecule has 0 aliphatic carbocycles. The number of hydrogen-bond donors (Lipinski definition) is 3. The largest absolute Gasteiger partial charge is 0.378 e. The molecule has 3 saturated heterocycles. The Bertz CT molecular complexity index is 1210. The van der Waals surface area contributed by atoms with Crippen LogP contribution >= 0.6 is 0 Å². The van der Waals surface area contributed by atoms with Gasteiger partial charge in [-0.15, -0.1) is 10.2 Å². The highest BCUT2D eigenvalue weighted by molar-refractivity contribution is 5.97. The fourth-order valence-corrected chi connectivity index (χ4v) is 5.35. The lowest BCUT2D eigenvalue weighted by Gasteiger charge is -2.35. The predicted octanol–water partition coefficient (Wildman–Crippen LogP) is 0.613. The predicted molar refractivity (Wildman–Crippen MR) is 148 cm³/mol. The van der Waals surface area contributed by atoms with E-state index in [0.717, 1.165) is 38.8 Å². The molecule has 0 spiro atoms. The standard InChI is InChI=1S/C27H37N9O4/c1-34-11-8-18(9-12-34)25(38)30-21-3-2-10-36(17-21)27-31-24(22(23(28)37)32-33-27)29-20-6-4-19(5-7-20)26(39)35-13-15-40-16-14-35/h4-7,18,21H,2-3,8-17H2,1H3,(H2,28,37)(H,30,38)(H,29,31,33)/t21-/m1/s1. The van der Waals surface area contributed by atoms with Gasteiger partial charge in [0, 0.05) is 49.4 Å². The summed E-state index contributed by atoms with van der Waals surface area (Å²) in [5.74, 6) is -0.116. The van der Waals surface area contributed by atoms with Crippen LogP contribution in [0.4, 0.5) is 17.5 Å². The number of aromatic nitrogens is 3. The van der Waals surface area contributed by atoms with E-state index >= 15 is 0 Å². The fourth-order valence-electron chi connectivity index (χ4n) is 5.35. The molecule has 214 valence electrons. The molecule has 13 heteroatoms. The van der Waals surface area contributed by atoms with Crippen molar-refractivity contribution in [2.75, 3.05) is 69.7 Å². The number of anilines is 3. The van der Waals surface area contributed by atoms with Crippen LogP contribution in [-0.4, -0.2) is 108 Å². The molecule has 0 radical (unpaired) electrons. The van der Waals surface area contributed by atoms with Crippen LogP contribution in [0.5, 0.6) is 0 Å². The molecule has 2 aromatic rings. The van der Waals surface area contributed by atoms with Crippen LogP contribution in [0.1, 0.15) is 46.5 Å². The molecular weight excluding hydrogens is 514 g/mol. The molecule has 0 saturated carbocycles. The normalized spacial score (nSPS) is 20.7. The molecule has 0 unspecified atom stereocenters. The van der Waals surface area contributed by atoms with Crippen LogP contribution in [0.2, 0.25) is 0 Å². The molecule has 1 aromatic heterocycles. The van der Waals surface area contributed by atoms with Crippen molar-refractivity contribution in [3.8, 4) is 0 Å². The third kappa shape index (κ3) is 6.65. The lowest BCUT2D eigenvalue weighted by atomic mass is 9.95. The minimum Gasteiger partial charge on any atom is -0.378 e. The van der Waals surface area contributed by atoms with Gasteiger partial charge in [0.25, 0.3) is 11.8 Å². The number of nitrogens with zero attached hydrogens (tertiary/aromatic N) is 6. The Balaban J connectivity index is 1.25. The Labute approximate surface area is 233 Å². The zero-order valence-corrected chi connectivity index (χ0v) is 22.8. The van der Waals surface area contributed by atoms with E-state index in [1.807, 2.05) is 4.90 Å². The van der Waals surface area contributed by atoms with Crippen LogP contribution < -0.4 is 21.3 Å². The molecule has 1 atom stereocenters. The van der Waals surface area contributed by atoms with E-state index in [9.17, 15) is 14.4 Å². The molecule has 3 aliphatic rings. The van der Waals surface area contributed by atoms with Crippen molar-refractivity contribution in [3.05, 3.63) is 35.5 Å². The first-order valence-corrected chi connectivity index (χ1v) is 13.9. The summed E-state index contributed by atoms with van der Waals surface area (Å²) in [7, 11) is 2.08. The van der Waals surface area contributed by atoms with E-state index in [4.69, 9.17) is 10.5 Å². The summed E-state index contributed by atoms with van der Waals surface area (Å²) in [6.07, 6.45) is 3.48. The molecule has 4 heterocycles. The van der Waals surface area contributed by atoms with Gasteiger partial charge in [0.05, 0.1) is 13.2 Å². The molecular formula is C27H37N9O4. The van der Waals surface area contributed by atoms with Crippen LogP contribution in [0.15, 0.2) is 24.3 Å². The number of benzene rings is 1. The molecule has 13 nitrogen and oxygen atoms in total. The van der Waals surface area contributed by atoms with E-state index < -0.39 is 5.91 Å². The number of carbonyl (C=O) groups is 3. The fraction of sp³-hybridized carbons (Fsp3) is 0.556. The van der Waals surface area contributed by atoms with Crippen LogP contribution in [0.3, 0.4) is 0 Å². The first kappa shape index (κ1) is 27.7. The van der Waals surface area contributed by atoms with Gasteiger partial charge in [-0.25, -0.2) is 0 Å². The molecule has 5 rings (SSSR count). The first-order chi connectivity index (χ1) is 19.4. The summed E-state index contributed by atoms with van der Waals surface area (Å²) in [5.41, 5.74) is 6.65. The molecule has 3 aliphatic heterocycles. The maximum atomic E-state index is 12.9. The smallest absolute Gasteiger partial charge is 0.273 e. The second-order valence-corrected chi connectivity index (χ2v) is 10.7. The molecule has 0 bridgehead atoms. The van der Waals surface area contributed by atoms with E-state index in [1.54, 1.807) is 29.2 Å². The van der Waals surface area contributed by atoms with Gasteiger partial charge in [0.2, 0.25) is 11.9 Å². The highest BCUT2D eigenvalue weighted by atomic mass is 16.5. The Morgan fingerprint density at radius 1 is 0.975 bits per heavy atom. The summed E-state index contributed by atoms with van der Waals surface area (Å²) in [6, 6.07) is 6.92. The van der Waals surface area contributed by atoms with Gasteiger partial charge >= 0.3 is 0 Å². The molecule has 1 aromatic carbocycles. The van der Waals surface area contributed by atoms with E-state index in [2.05, 4.69) is 37.8 Å². The average Bonchev–Trinajstić information content (AvgIpc) is 2.98. The molecule has 3 amide bonds. The van der Waals surface area contributed by atoms with Crippen molar-refractivity contribution >= 4 is 35.2 Å². The van der Waals surface area contributed by atoms with Gasteiger partial charge in [-0.1, -0.05) is 0 Å². The summed E-state index contributed by atoms with van der Waals surface area (Å²) in [5, 5.41) is 14.6. The highest BCUT2D eigenvalue weighted by Crippen LogP contribution is 2.23. The lowest BCUT2D eigenvalue weighted by Crippen LogP contribution is -2.50. The highest BCUT2D eigenvalue weighted by Gasteiger charge is 2.29. The Kier molecular flexibility index (Phi) is 8.70. The number of piperidine rings is 2. The molecule has 40 heavy (non-hydrogen) atoms. The third-order valence-corrected chi connectivity index (χ3v) is 7.74. The van der Waals surface area contributed by atoms with E-state index in [1.165, 1.54) is 0 Å². The van der Waals surface area contributed by atoms with Crippen molar-refractivity contribution in [1.29, 1.82) is 0 Å². The van der Waals surface area contributed by atoms with Crippen molar-refractivity contribution in [2.45, 2.75) is 31.7 Å². The Morgan fingerprint density at radius 3 is 2.40 bits per heavy atom. The number of ether oxygens (including phenoxy) is 1. The van der Waals surface area contributed by atoms with Crippen molar-refractivity contribution < 1.29 is 19.1 Å². The zero-order chi connectivity index (χ0) is 28.1. The Morgan fingerprint density at radius 2 is 1.70 bits per heavy atom. The summed E-state index contributed by atoms with van der Waals surface area (Å²) < 4.78 is 5.32. The van der Waals surface area contributed by atoms with Crippen LogP contribution in [0, 0.1) is 5.92 Å². The summed E-state index contributed by atoms with van der Waals surface area (Å²) in [6.45, 7) is 5.32. The van der Waals surface area contributed by atoms with Crippen molar-refractivity contribution in [3.63, 3.8) is 0 Å². The van der Waals surface area contributed by atoms with Gasteiger partial charge in [0.1, 0.15) is 0 Å². The minimum absolute atomic E-state index is 0.0201. The van der Waals surface area contributed by atoms with Crippen LogP contribution in [-0.2, 0) is 9.53 Å². The average molecular weight is 552 g/mol. The van der Waals surface area contributed by atoms with Crippen LogP contribution in [0.25, 0.3) is 0 Å². The van der Waals surface area contributed by atoms with Gasteiger partial charge in [-0.05, 0) is 70.1 Å². The number of morpholine rings is 1. The Hall–Kier alpha value is -3.84. The maximum Gasteiger partial charge on any atom is 0.273 e. The van der Waals surface area contributed by atoms with E-state index in [0.29, 0.717) is 56.6 Å². The number of likely N-dealkylation sites (tertiary alicyclic amines) is 1. The van der Waals surface area contributed by atoms with Crippen molar-refractivity contribution in [1.82, 2.24) is 30.3 Å². The number of nitrogens with one attached hydrogen (secondary N) is 2. The third-order valence-electron chi connectivity index (χ3n) is 7.74. The number of primary amides is 1. The van der Waals surface area contributed by atoms with Gasteiger partial charge in [-0.2, -0.15) is 4.98 Å². The monoisotopic (exact) mass is 551 g/mol. The summed E-state index contributed by atoms with van der Waals surface area (Å²) >= 11 is 0. The lowest BCUT2D eigenvalue weighted by molar-refractivity contribution is -0.127. The maximum absolute atomic E-state index is 12.9. The SMILES string of the molecule is CN1CCC(C(=O)N[C@@H]2CCCN(c3nnc(C(N)=O)c(Nc4ccc(C(=O)N5CCOCC5)cc4)n3)C2)CC1. The quantitative estimate of drug-likeness (QED) is 0.445. The number of amides is 3. The summed E-state index contributed by atoms with van der Waals surface area (Å²) in [4.78, 5) is 48.3. The minimum atomic E-state index is -0.755. The topological polar surface area (TPSA) is 159 Å². The second-order valence-electron chi connectivity index (χ2n) is 10.7. The molecule has 4 N–H and O–H groups in total. The van der Waals surface area contributed by atoms with Crippen molar-refractivity contribution in [2.24, 2.45) is 11.7 Å². The number of hydrogen-bond acceptors (Lipinski definition) is 10. The van der Waals surface area contributed by atoms with E-state index in [-0.39, 0.29) is 35.3 Å². The number of carbonyl (C=O) groups excluding carboxylic acids is 3. The zero-order valence-electron chi connectivity index (χ0n) is 22.8.